The van der Waals surface area contributed by atoms with Crippen molar-refractivity contribution in [3.8, 4) is 0 Å². The lowest BCUT2D eigenvalue weighted by molar-refractivity contribution is 0.273. The molecule has 0 radical (unpaired) electrons. The van der Waals surface area contributed by atoms with Crippen molar-refractivity contribution in [1.82, 2.24) is 4.90 Å². The summed E-state index contributed by atoms with van der Waals surface area (Å²) in [7, 11) is 0. The van der Waals surface area contributed by atoms with Crippen molar-refractivity contribution in [2.45, 2.75) is 31.7 Å². The lowest BCUT2D eigenvalue weighted by Crippen LogP contribution is -2.31. The zero-order valence-corrected chi connectivity index (χ0v) is 9.73. The molecule has 16 heavy (non-hydrogen) atoms. The third-order valence-corrected chi connectivity index (χ3v) is 3.87. The van der Waals surface area contributed by atoms with Gasteiger partial charge in [-0.05, 0) is 49.9 Å². The fraction of sp³-hybridized carbons (Fsp3) is 0.467. The van der Waals surface area contributed by atoms with Gasteiger partial charge in [-0.1, -0.05) is 36.4 Å². The van der Waals surface area contributed by atoms with Gasteiger partial charge in [0.1, 0.15) is 0 Å². The molecule has 84 valence electrons. The van der Waals surface area contributed by atoms with Crippen molar-refractivity contribution >= 4 is 6.08 Å². The molecule has 0 bridgehead atoms. The zero-order chi connectivity index (χ0) is 10.8. The summed E-state index contributed by atoms with van der Waals surface area (Å²) < 4.78 is 0. The van der Waals surface area contributed by atoms with Crippen molar-refractivity contribution in [1.29, 1.82) is 0 Å². The van der Waals surface area contributed by atoms with Gasteiger partial charge in [0.2, 0.25) is 0 Å². The smallest absolute Gasteiger partial charge is 0.0284 e. The van der Waals surface area contributed by atoms with Crippen LogP contribution >= 0.6 is 0 Å². The monoisotopic (exact) mass is 213 g/mol. The minimum absolute atomic E-state index is 0.676. The Hall–Kier alpha value is -1.08. The van der Waals surface area contributed by atoms with Crippen LogP contribution < -0.4 is 0 Å². The highest BCUT2D eigenvalue weighted by Crippen LogP contribution is 2.23. The van der Waals surface area contributed by atoms with Crippen LogP contribution in [-0.2, 0) is 6.42 Å². The third kappa shape index (κ3) is 1.92. The molecule has 1 atom stereocenters. The van der Waals surface area contributed by atoms with E-state index in [1.165, 1.54) is 49.9 Å². The number of likely N-dealkylation sites (tertiary alicyclic amines) is 1. The summed E-state index contributed by atoms with van der Waals surface area (Å²) in [4.78, 5) is 2.64. The van der Waals surface area contributed by atoms with Gasteiger partial charge < -0.3 is 0 Å². The largest absolute Gasteiger partial charge is 0.297 e. The van der Waals surface area contributed by atoms with Gasteiger partial charge >= 0.3 is 0 Å². The van der Waals surface area contributed by atoms with Crippen LogP contribution in [-0.4, -0.2) is 24.0 Å². The minimum atomic E-state index is 0.676. The second-order valence-corrected chi connectivity index (χ2v) is 4.91. The molecule has 3 rings (SSSR count). The number of nitrogens with zero attached hydrogens (tertiary/aromatic N) is 1. The molecule has 0 saturated carbocycles. The van der Waals surface area contributed by atoms with Gasteiger partial charge in [-0.15, -0.1) is 0 Å². The predicted octanol–water partition coefficient (Wildman–Crippen LogP) is 3.11. The van der Waals surface area contributed by atoms with E-state index >= 15 is 0 Å². The van der Waals surface area contributed by atoms with Gasteiger partial charge in [0.15, 0.2) is 0 Å². The first-order valence-corrected chi connectivity index (χ1v) is 6.44. The average molecular weight is 213 g/mol. The predicted molar refractivity (Wildman–Crippen MR) is 68.4 cm³/mol. The van der Waals surface area contributed by atoms with Crippen LogP contribution in [0.25, 0.3) is 6.08 Å². The number of hydrogen-bond acceptors (Lipinski definition) is 1. The highest BCUT2D eigenvalue weighted by molar-refractivity contribution is 5.55. The average Bonchev–Trinajstić information content (AvgIpc) is 2.76. The fourth-order valence-corrected chi connectivity index (χ4v) is 2.92. The Kier molecular flexibility index (Phi) is 2.79. The summed E-state index contributed by atoms with van der Waals surface area (Å²) in [6, 6.07) is 9.47. The first kappa shape index (κ1) is 10.1. The molecule has 1 fully saturated rings. The summed E-state index contributed by atoms with van der Waals surface area (Å²) in [5.41, 5.74) is 2.93. The van der Waals surface area contributed by atoms with Crippen LogP contribution in [0.3, 0.4) is 0 Å². The molecular weight excluding hydrogens is 194 g/mol. The molecule has 1 unspecified atom stereocenters. The summed E-state index contributed by atoms with van der Waals surface area (Å²) in [5, 5.41) is 0. The first-order valence-electron chi connectivity index (χ1n) is 6.44. The maximum atomic E-state index is 2.64. The van der Waals surface area contributed by atoms with E-state index in [9.17, 15) is 0 Å². The lowest BCUT2D eigenvalue weighted by atomic mass is 10.0. The molecule has 1 saturated heterocycles. The van der Waals surface area contributed by atoms with Crippen LogP contribution in [0.4, 0.5) is 0 Å². The Morgan fingerprint density at radius 2 is 1.88 bits per heavy atom. The van der Waals surface area contributed by atoms with Crippen molar-refractivity contribution < 1.29 is 0 Å². The van der Waals surface area contributed by atoms with E-state index < -0.39 is 0 Å². The van der Waals surface area contributed by atoms with Crippen LogP contribution in [0.15, 0.2) is 30.3 Å². The van der Waals surface area contributed by atoms with E-state index in [1.807, 2.05) is 0 Å². The Morgan fingerprint density at radius 1 is 1.06 bits per heavy atom. The normalized spacial score (nSPS) is 25.4. The molecule has 0 spiro atoms. The van der Waals surface area contributed by atoms with Gasteiger partial charge in [0.05, 0.1) is 0 Å². The van der Waals surface area contributed by atoms with Gasteiger partial charge in [-0.2, -0.15) is 0 Å². The van der Waals surface area contributed by atoms with Gasteiger partial charge in [-0.25, -0.2) is 0 Å². The molecule has 1 heteroatoms. The Labute approximate surface area is 97.8 Å². The third-order valence-electron chi connectivity index (χ3n) is 3.87. The number of hydrogen-bond donors (Lipinski definition) is 0. The molecule has 0 aromatic heterocycles. The van der Waals surface area contributed by atoms with Crippen LogP contribution in [0.2, 0.25) is 0 Å². The molecule has 1 nitrogen and oxygen atoms in total. The molecular formula is C15H19N. The summed E-state index contributed by atoms with van der Waals surface area (Å²) in [5.74, 6) is 0. The molecule has 1 aliphatic heterocycles. The topological polar surface area (TPSA) is 3.24 Å². The standard InChI is InChI=1S/C15H19N/c1-2-6-14-8-10-15(9-7-13(14)5-1)16-11-3-4-12-16/h1-2,5-7,9,15H,3-4,8,10-12H2. The molecule has 2 aliphatic rings. The minimum Gasteiger partial charge on any atom is -0.297 e. The molecule has 1 aliphatic carbocycles. The molecule has 0 N–H and O–H groups in total. The summed E-state index contributed by atoms with van der Waals surface area (Å²) in [6.45, 7) is 2.59. The van der Waals surface area contributed by atoms with Crippen molar-refractivity contribution in [2.75, 3.05) is 13.1 Å². The van der Waals surface area contributed by atoms with E-state index in [4.69, 9.17) is 0 Å². The number of fused-ring (bicyclic) bond motifs is 1. The Balaban J connectivity index is 1.79. The first-order chi connectivity index (χ1) is 7.93. The second-order valence-electron chi connectivity index (χ2n) is 4.91. The fourth-order valence-electron chi connectivity index (χ4n) is 2.92. The molecule has 1 aromatic carbocycles. The van der Waals surface area contributed by atoms with E-state index in [2.05, 4.69) is 41.3 Å². The second kappa shape index (κ2) is 4.42. The maximum Gasteiger partial charge on any atom is 0.0284 e. The van der Waals surface area contributed by atoms with E-state index in [-0.39, 0.29) is 0 Å². The highest BCUT2D eigenvalue weighted by Gasteiger charge is 2.21. The van der Waals surface area contributed by atoms with Crippen molar-refractivity contribution in [3.05, 3.63) is 41.5 Å². The summed E-state index contributed by atoms with van der Waals surface area (Å²) >= 11 is 0. The van der Waals surface area contributed by atoms with Gasteiger partial charge in [0.25, 0.3) is 0 Å². The zero-order valence-electron chi connectivity index (χ0n) is 9.73. The number of aryl methyl sites for hydroxylation is 1. The quantitative estimate of drug-likeness (QED) is 0.693. The van der Waals surface area contributed by atoms with E-state index in [0.29, 0.717) is 6.04 Å². The Morgan fingerprint density at radius 3 is 2.75 bits per heavy atom. The van der Waals surface area contributed by atoms with Gasteiger partial charge in [0, 0.05) is 6.04 Å². The Bertz CT molecular complexity index is 388. The summed E-state index contributed by atoms with van der Waals surface area (Å²) in [6.07, 6.45) is 10.0. The van der Waals surface area contributed by atoms with Crippen LogP contribution in [0.5, 0.6) is 0 Å². The molecule has 1 aromatic rings. The van der Waals surface area contributed by atoms with E-state index in [0.717, 1.165) is 0 Å². The number of benzene rings is 1. The van der Waals surface area contributed by atoms with E-state index in [1.54, 1.807) is 0 Å². The lowest BCUT2D eigenvalue weighted by Gasteiger charge is -2.23. The van der Waals surface area contributed by atoms with Crippen LogP contribution in [0, 0.1) is 0 Å². The van der Waals surface area contributed by atoms with Gasteiger partial charge in [-0.3, -0.25) is 4.90 Å². The molecule has 1 heterocycles. The molecule has 0 amide bonds. The van der Waals surface area contributed by atoms with Crippen molar-refractivity contribution in [3.63, 3.8) is 0 Å². The maximum absolute atomic E-state index is 2.64. The number of rotatable bonds is 1. The van der Waals surface area contributed by atoms with Crippen LogP contribution in [0.1, 0.15) is 30.4 Å². The van der Waals surface area contributed by atoms with Crippen molar-refractivity contribution in [2.24, 2.45) is 0 Å². The highest BCUT2D eigenvalue weighted by atomic mass is 15.2. The SMILES string of the molecule is C1=CC(N2CCCC2)CCc2ccccc21.